The van der Waals surface area contributed by atoms with E-state index in [0.717, 1.165) is 28.8 Å². The number of nitrogens with zero attached hydrogens (tertiary/aromatic N) is 2. The second kappa shape index (κ2) is 7.70. The standard InChI is InChI=1S/C21H24N4O/c26-20(13-17-14-23-21-19(17)8-5-9-22-21)24-18-7-4-6-16(12-18)15-25-10-2-1-3-11-25/h4-9,12,14H,1-3,10-11,13,15H2,(H,22,23)(H,24,26). The molecule has 3 aromatic rings. The van der Waals surface area contributed by atoms with Crippen molar-refractivity contribution < 1.29 is 4.79 Å². The van der Waals surface area contributed by atoms with Crippen LogP contribution in [0, 0.1) is 0 Å². The van der Waals surface area contributed by atoms with Crippen molar-refractivity contribution in [3.05, 3.63) is 59.9 Å². The summed E-state index contributed by atoms with van der Waals surface area (Å²) in [4.78, 5) is 22.3. The van der Waals surface area contributed by atoms with Crippen molar-refractivity contribution in [2.45, 2.75) is 32.2 Å². The third-order valence-electron chi connectivity index (χ3n) is 4.95. The molecule has 5 nitrogen and oxygen atoms in total. The molecule has 5 heteroatoms. The third-order valence-corrected chi connectivity index (χ3v) is 4.95. The van der Waals surface area contributed by atoms with Crippen LogP contribution in [-0.4, -0.2) is 33.9 Å². The lowest BCUT2D eigenvalue weighted by Gasteiger charge is -2.26. The number of likely N-dealkylation sites (tertiary alicyclic amines) is 1. The van der Waals surface area contributed by atoms with Gasteiger partial charge in [-0.2, -0.15) is 0 Å². The molecule has 1 aromatic carbocycles. The number of fused-ring (bicyclic) bond motifs is 1. The van der Waals surface area contributed by atoms with Crippen LogP contribution in [0.25, 0.3) is 11.0 Å². The van der Waals surface area contributed by atoms with Gasteiger partial charge in [0, 0.05) is 30.0 Å². The molecule has 1 aliphatic heterocycles. The first-order valence-electron chi connectivity index (χ1n) is 9.30. The zero-order valence-electron chi connectivity index (χ0n) is 14.9. The highest BCUT2D eigenvalue weighted by Gasteiger charge is 2.12. The molecule has 0 radical (unpaired) electrons. The first-order valence-corrected chi connectivity index (χ1v) is 9.30. The van der Waals surface area contributed by atoms with Crippen LogP contribution in [0.4, 0.5) is 5.69 Å². The Bertz CT molecular complexity index is 896. The molecule has 26 heavy (non-hydrogen) atoms. The number of carbonyl (C=O) groups is 1. The van der Waals surface area contributed by atoms with Gasteiger partial charge in [0.15, 0.2) is 0 Å². The molecule has 0 unspecified atom stereocenters. The van der Waals surface area contributed by atoms with Gasteiger partial charge in [-0.15, -0.1) is 0 Å². The molecule has 3 heterocycles. The maximum absolute atomic E-state index is 12.5. The molecule has 0 atom stereocenters. The smallest absolute Gasteiger partial charge is 0.228 e. The summed E-state index contributed by atoms with van der Waals surface area (Å²) in [6, 6.07) is 12.1. The van der Waals surface area contributed by atoms with Crippen molar-refractivity contribution in [1.29, 1.82) is 0 Å². The Balaban J connectivity index is 1.40. The highest BCUT2D eigenvalue weighted by atomic mass is 16.1. The number of carbonyl (C=O) groups excluding carboxylic acids is 1. The van der Waals surface area contributed by atoms with Crippen LogP contribution in [-0.2, 0) is 17.8 Å². The molecule has 1 amide bonds. The van der Waals surface area contributed by atoms with Crippen LogP contribution >= 0.6 is 0 Å². The van der Waals surface area contributed by atoms with Crippen molar-refractivity contribution in [1.82, 2.24) is 14.9 Å². The number of aromatic nitrogens is 2. The minimum Gasteiger partial charge on any atom is -0.346 e. The number of pyridine rings is 1. The van der Waals surface area contributed by atoms with E-state index in [0.29, 0.717) is 6.42 Å². The van der Waals surface area contributed by atoms with Gasteiger partial charge < -0.3 is 10.3 Å². The van der Waals surface area contributed by atoms with Gasteiger partial charge in [-0.25, -0.2) is 4.98 Å². The predicted octanol–water partition coefficient (Wildman–Crippen LogP) is 3.73. The number of aromatic amines is 1. The van der Waals surface area contributed by atoms with E-state index in [1.807, 2.05) is 30.5 Å². The lowest BCUT2D eigenvalue weighted by molar-refractivity contribution is -0.115. The lowest BCUT2D eigenvalue weighted by Crippen LogP contribution is -2.29. The van der Waals surface area contributed by atoms with E-state index in [4.69, 9.17) is 0 Å². The average molecular weight is 348 g/mol. The van der Waals surface area contributed by atoms with Crippen LogP contribution in [0.5, 0.6) is 0 Å². The fraction of sp³-hybridized carbons (Fsp3) is 0.333. The average Bonchev–Trinajstić information content (AvgIpc) is 3.06. The van der Waals surface area contributed by atoms with Gasteiger partial charge in [0.1, 0.15) is 5.65 Å². The van der Waals surface area contributed by atoms with E-state index >= 15 is 0 Å². The number of H-pyrrole nitrogens is 1. The van der Waals surface area contributed by atoms with Gasteiger partial charge in [-0.1, -0.05) is 18.6 Å². The second-order valence-corrected chi connectivity index (χ2v) is 6.98. The molecule has 1 fully saturated rings. The molecule has 2 aromatic heterocycles. The molecule has 134 valence electrons. The van der Waals surface area contributed by atoms with Crippen LogP contribution in [0.2, 0.25) is 0 Å². The normalized spacial score (nSPS) is 15.2. The monoisotopic (exact) mass is 348 g/mol. The van der Waals surface area contributed by atoms with E-state index in [2.05, 4.69) is 32.3 Å². The van der Waals surface area contributed by atoms with Crippen molar-refractivity contribution >= 4 is 22.6 Å². The summed E-state index contributed by atoms with van der Waals surface area (Å²) in [5.41, 5.74) is 3.90. The Morgan fingerprint density at radius 2 is 2.04 bits per heavy atom. The molecular weight excluding hydrogens is 324 g/mol. The minimum atomic E-state index is -0.00937. The van der Waals surface area contributed by atoms with Gasteiger partial charge in [0.2, 0.25) is 5.91 Å². The van der Waals surface area contributed by atoms with Crippen molar-refractivity contribution in [2.75, 3.05) is 18.4 Å². The number of amides is 1. The summed E-state index contributed by atoms with van der Waals surface area (Å²) < 4.78 is 0. The predicted molar refractivity (Wildman–Crippen MR) is 104 cm³/mol. The van der Waals surface area contributed by atoms with Crippen molar-refractivity contribution in [2.24, 2.45) is 0 Å². The third kappa shape index (κ3) is 3.94. The summed E-state index contributed by atoms with van der Waals surface area (Å²) in [5, 5.41) is 4.03. The number of hydrogen-bond donors (Lipinski definition) is 2. The Hall–Kier alpha value is -2.66. The maximum Gasteiger partial charge on any atom is 0.228 e. The SMILES string of the molecule is O=C(Cc1c[nH]c2ncccc12)Nc1cccc(CN2CCCCC2)c1. The molecule has 1 aliphatic rings. The number of rotatable bonds is 5. The van der Waals surface area contributed by atoms with E-state index in [9.17, 15) is 4.79 Å². The fourth-order valence-corrected chi connectivity index (χ4v) is 3.66. The van der Waals surface area contributed by atoms with Crippen LogP contribution in [0.15, 0.2) is 48.8 Å². The Morgan fingerprint density at radius 3 is 2.92 bits per heavy atom. The van der Waals surface area contributed by atoms with Crippen LogP contribution in [0.3, 0.4) is 0 Å². The highest BCUT2D eigenvalue weighted by Crippen LogP contribution is 2.18. The Kier molecular flexibility index (Phi) is 4.97. The molecular formula is C21H24N4O. The first-order chi connectivity index (χ1) is 12.8. The van der Waals surface area contributed by atoms with Gasteiger partial charge >= 0.3 is 0 Å². The zero-order valence-corrected chi connectivity index (χ0v) is 14.9. The van der Waals surface area contributed by atoms with Crippen molar-refractivity contribution in [3.63, 3.8) is 0 Å². The van der Waals surface area contributed by atoms with Gasteiger partial charge in [-0.3, -0.25) is 9.69 Å². The molecule has 2 N–H and O–H groups in total. The van der Waals surface area contributed by atoms with Crippen LogP contribution < -0.4 is 5.32 Å². The number of benzene rings is 1. The van der Waals surface area contributed by atoms with Crippen LogP contribution in [0.1, 0.15) is 30.4 Å². The second-order valence-electron chi connectivity index (χ2n) is 6.98. The highest BCUT2D eigenvalue weighted by molar-refractivity contribution is 5.95. The summed E-state index contributed by atoms with van der Waals surface area (Å²) in [6.07, 6.45) is 7.87. The Morgan fingerprint density at radius 1 is 1.15 bits per heavy atom. The summed E-state index contributed by atoms with van der Waals surface area (Å²) in [7, 11) is 0. The largest absolute Gasteiger partial charge is 0.346 e. The number of nitrogens with one attached hydrogen (secondary N) is 2. The number of piperidine rings is 1. The zero-order chi connectivity index (χ0) is 17.8. The number of anilines is 1. The molecule has 0 spiro atoms. The summed E-state index contributed by atoms with van der Waals surface area (Å²) >= 11 is 0. The molecule has 1 saturated heterocycles. The van der Waals surface area contributed by atoms with Gasteiger partial charge in [0.25, 0.3) is 0 Å². The van der Waals surface area contributed by atoms with E-state index in [1.165, 1.54) is 37.9 Å². The summed E-state index contributed by atoms with van der Waals surface area (Å²) in [5.74, 6) is -0.00937. The molecule has 0 saturated carbocycles. The topological polar surface area (TPSA) is 61.0 Å². The maximum atomic E-state index is 12.5. The molecule has 4 rings (SSSR count). The first kappa shape index (κ1) is 16.8. The quantitative estimate of drug-likeness (QED) is 0.738. The van der Waals surface area contributed by atoms with Crippen molar-refractivity contribution in [3.8, 4) is 0 Å². The van der Waals surface area contributed by atoms with E-state index in [-0.39, 0.29) is 5.91 Å². The van der Waals surface area contributed by atoms with E-state index in [1.54, 1.807) is 6.20 Å². The molecule has 0 bridgehead atoms. The molecule has 0 aliphatic carbocycles. The van der Waals surface area contributed by atoms with E-state index < -0.39 is 0 Å². The summed E-state index contributed by atoms with van der Waals surface area (Å²) in [6.45, 7) is 3.30. The minimum absolute atomic E-state index is 0.00937. The van der Waals surface area contributed by atoms with Gasteiger partial charge in [0.05, 0.1) is 6.42 Å². The lowest BCUT2D eigenvalue weighted by atomic mass is 10.1. The fourth-order valence-electron chi connectivity index (χ4n) is 3.66. The van der Waals surface area contributed by atoms with Gasteiger partial charge in [-0.05, 0) is 61.3 Å². The Labute approximate surface area is 153 Å². The number of hydrogen-bond acceptors (Lipinski definition) is 3.